The molecule has 4 rings (SSSR count). The Kier molecular flexibility index (Phi) is 2.83. The van der Waals surface area contributed by atoms with Crippen molar-refractivity contribution in [3.05, 3.63) is 48.9 Å². The van der Waals surface area contributed by atoms with Gasteiger partial charge in [0.1, 0.15) is 0 Å². The molecule has 0 radical (unpaired) electrons. The number of nitrogens with one attached hydrogen (secondary N) is 1. The summed E-state index contributed by atoms with van der Waals surface area (Å²) in [6.07, 6.45) is 6.19. The highest BCUT2D eigenvalue weighted by molar-refractivity contribution is 7.93. The fraction of sp³-hybridized carbons (Fsp3) is 0. The van der Waals surface area contributed by atoms with Gasteiger partial charge in [0.2, 0.25) is 0 Å². The molecule has 7 nitrogen and oxygen atoms in total. The Morgan fingerprint density at radius 1 is 1.14 bits per heavy atom. The van der Waals surface area contributed by atoms with E-state index in [2.05, 4.69) is 19.8 Å². The van der Waals surface area contributed by atoms with Crippen molar-refractivity contribution in [2.75, 3.05) is 0 Å². The summed E-state index contributed by atoms with van der Waals surface area (Å²) in [6, 6.07) is 7.57. The molecule has 1 aliphatic heterocycles. The van der Waals surface area contributed by atoms with E-state index in [1.165, 1.54) is 10.8 Å². The molecular weight excluding hydrogens is 302 g/mol. The number of aromatic nitrogens is 4. The quantitative estimate of drug-likeness (QED) is 0.765. The second-order valence-electron chi connectivity index (χ2n) is 4.64. The van der Waals surface area contributed by atoms with Crippen molar-refractivity contribution in [3.63, 3.8) is 0 Å². The Bertz CT molecular complexity index is 963. The molecule has 1 aromatic carbocycles. The van der Waals surface area contributed by atoms with Crippen LogP contribution in [0.2, 0.25) is 0 Å². The highest BCUT2D eigenvalue weighted by atomic mass is 32.2. The maximum absolute atomic E-state index is 11.7. The monoisotopic (exact) mass is 311 g/mol. The summed E-state index contributed by atoms with van der Waals surface area (Å²) in [6.45, 7) is 0. The molecule has 0 saturated heterocycles. The third-order valence-electron chi connectivity index (χ3n) is 3.19. The van der Waals surface area contributed by atoms with E-state index in [9.17, 15) is 9.00 Å². The number of rotatable bonds is 2. The average Bonchev–Trinajstić information content (AvgIpc) is 3.13. The van der Waals surface area contributed by atoms with Crippen LogP contribution in [0.15, 0.2) is 48.9 Å². The predicted octanol–water partition coefficient (Wildman–Crippen LogP) is 1.09. The van der Waals surface area contributed by atoms with E-state index < -0.39 is 16.9 Å². The molecule has 0 spiro atoms. The first-order valence-electron chi connectivity index (χ1n) is 6.42. The molecule has 108 valence electrons. The molecule has 8 heteroatoms. The standard InChI is InChI=1S/C14H9N5O2S/c20-13-5-14(22(21)18-13)19-8-9(6-16-19)12-7-15-10-3-1-2-4-11(10)17-12/h1-8H,(H,18,20). The predicted molar refractivity (Wildman–Crippen MR) is 81.3 cm³/mol. The molecule has 1 atom stereocenters. The Morgan fingerprint density at radius 2 is 1.95 bits per heavy atom. The van der Waals surface area contributed by atoms with Crippen molar-refractivity contribution >= 4 is 33.0 Å². The average molecular weight is 311 g/mol. The van der Waals surface area contributed by atoms with Gasteiger partial charge in [-0.1, -0.05) is 12.1 Å². The number of hydrogen-bond acceptors (Lipinski definition) is 5. The van der Waals surface area contributed by atoms with Crippen LogP contribution in [0.4, 0.5) is 0 Å². The minimum Gasteiger partial charge on any atom is -0.269 e. The highest BCUT2D eigenvalue weighted by Crippen LogP contribution is 2.21. The SMILES string of the molecule is O=C1C=C(n2cc(-c3cnc4ccccc4n3)cn2)S(=O)N1. The molecule has 22 heavy (non-hydrogen) atoms. The summed E-state index contributed by atoms with van der Waals surface area (Å²) < 4.78 is 15.4. The number of benzene rings is 1. The van der Waals surface area contributed by atoms with E-state index in [0.717, 1.165) is 16.6 Å². The number of amides is 1. The summed E-state index contributed by atoms with van der Waals surface area (Å²) in [7, 11) is -1.58. The van der Waals surface area contributed by atoms with E-state index in [1.807, 2.05) is 24.3 Å². The van der Waals surface area contributed by atoms with Crippen molar-refractivity contribution < 1.29 is 9.00 Å². The Morgan fingerprint density at radius 3 is 2.73 bits per heavy atom. The second-order valence-corrected chi connectivity index (χ2v) is 5.80. The number of carbonyl (C=O) groups is 1. The minimum absolute atomic E-state index is 0.296. The fourth-order valence-electron chi connectivity index (χ4n) is 2.16. The fourth-order valence-corrected chi connectivity index (χ4v) is 2.99. The third-order valence-corrected chi connectivity index (χ3v) is 4.26. The van der Waals surface area contributed by atoms with Crippen LogP contribution in [0.1, 0.15) is 0 Å². The van der Waals surface area contributed by atoms with Crippen molar-refractivity contribution in [2.45, 2.75) is 0 Å². The largest absolute Gasteiger partial charge is 0.269 e. The first-order valence-corrected chi connectivity index (χ1v) is 7.57. The number of para-hydroxylation sites is 2. The number of nitrogens with zero attached hydrogens (tertiary/aromatic N) is 4. The zero-order chi connectivity index (χ0) is 15.1. The summed E-state index contributed by atoms with van der Waals surface area (Å²) in [5, 5.41) is 4.43. The number of carbonyl (C=O) groups excluding carboxylic acids is 1. The van der Waals surface area contributed by atoms with Gasteiger partial charge in [-0.15, -0.1) is 0 Å². The smallest absolute Gasteiger partial charge is 0.258 e. The van der Waals surface area contributed by atoms with Crippen LogP contribution < -0.4 is 4.72 Å². The van der Waals surface area contributed by atoms with Crippen LogP contribution >= 0.6 is 0 Å². The van der Waals surface area contributed by atoms with E-state index >= 15 is 0 Å². The van der Waals surface area contributed by atoms with Crippen LogP contribution in [0, 0.1) is 0 Å². The lowest BCUT2D eigenvalue weighted by molar-refractivity contribution is -0.114. The highest BCUT2D eigenvalue weighted by Gasteiger charge is 2.22. The van der Waals surface area contributed by atoms with Gasteiger partial charge in [0, 0.05) is 17.8 Å². The lowest BCUT2D eigenvalue weighted by Gasteiger charge is -2.00. The van der Waals surface area contributed by atoms with Gasteiger partial charge in [-0.2, -0.15) is 5.10 Å². The van der Waals surface area contributed by atoms with Crippen LogP contribution in [-0.4, -0.2) is 29.9 Å². The molecule has 1 aliphatic rings. The second kappa shape index (κ2) is 4.85. The molecule has 1 N–H and O–H groups in total. The lowest BCUT2D eigenvalue weighted by Crippen LogP contribution is -2.17. The Labute approximate surface area is 127 Å². The third kappa shape index (κ3) is 2.09. The molecular formula is C14H9N5O2S. The molecule has 1 amide bonds. The molecule has 3 heterocycles. The van der Waals surface area contributed by atoms with E-state index in [1.54, 1.807) is 18.6 Å². The molecule has 0 saturated carbocycles. The zero-order valence-corrected chi connectivity index (χ0v) is 11.9. The van der Waals surface area contributed by atoms with Crippen LogP contribution in [-0.2, 0) is 15.8 Å². The Balaban J connectivity index is 1.75. The van der Waals surface area contributed by atoms with E-state index in [-0.39, 0.29) is 0 Å². The van der Waals surface area contributed by atoms with Gasteiger partial charge >= 0.3 is 0 Å². The first kappa shape index (κ1) is 12.8. The molecule has 0 aliphatic carbocycles. The van der Waals surface area contributed by atoms with Gasteiger partial charge in [0.05, 0.1) is 29.1 Å². The first-order chi connectivity index (χ1) is 10.7. The van der Waals surface area contributed by atoms with Gasteiger partial charge in [0.25, 0.3) is 5.91 Å². The maximum Gasteiger partial charge on any atom is 0.258 e. The number of hydrogen-bond donors (Lipinski definition) is 1. The normalized spacial score (nSPS) is 17.5. The van der Waals surface area contributed by atoms with Crippen LogP contribution in [0.25, 0.3) is 27.3 Å². The van der Waals surface area contributed by atoms with E-state index in [0.29, 0.717) is 10.7 Å². The zero-order valence-electron chi connectivity index (χ0n) is 11.1. The molecule has 0 fully saturated rings. The van der Waals surface area contributed by atoms with Crippen molar-refractivity contribution in [3.8, 4) is 11.3 Å². The Hall–Kier alpha value is -2.87. The van der Waals surface area contributed by atoms with Gasteiger partial charge in [-0.05, 0) is 12.1 Å². The van der Waals surface area contributed by atoms with Gasteiger partial charge in [-0.25, -0.2) is 13.9 Å². The van der Waals surface area contributed by atoms with Crippen LogP contribution in [0.3, 0.4) is 0 Å². The van der Waals surface area contributed by atoms with Crippen molar-refractivity contribution in [1.82, 2.24) is 24.5 Å². The molecule has 1 unspecified atom stereocenters. The maximum atomic E-state index is 11.7. The van der Waals surface area contributed by atoms with Crippen LogP contribution in [0.5, 0.6) is 0 Å². The summed E-state index contributed by atoms with van der Waals surface area (Å²) in [5.74, 6) is -0.393. The lowest BCUT2D eigenvalue weighted by atomic mass is 10.2. The van der Waals surface area contributed by atoms with Crippen molar-refractivity contribution in [2.24, 2.45) is 0 Å². The summed E-state index contributed by atoms with van der Waals surface area (Å²) in [5.41, 5.74) is 2.99. The van der Waals surface area contributed by atoms with Crippen molar-refractivity contribution in [1.29, 1.82) is 0 Å². The van der Waals surface area contributed by atoms with Gasteiger partial charge in [0.15, 0.2) is 16.0 Å². The molecule has 0 bridgehead atoms. The minimum atomic E-state index is -1.58. The summed E-state index contributed by atoms with van der Waals surface area (Å²) in [4.78, 5) is 20.1. The molecule has 2 aromatic heterocycles. The van der Waals surface area contributed by atoms with Gasteiger partial charge in [-0.3, -0.25) is 14.5 Å². The topological polar surface area (TPSA) is 89.8 Å². The number of fused-ring (bicyclic) bond motifs is 1. The van der Waals surface area contributed by atoms with E-state index in [4.69, 9.17) is 0 Å². The summed E-state index contributed by atoms with van der Waals surface area (Å²) >= 11 is 0. The molecule has 3 aromatic rings. The van der Waals surface area contributed by atoms with Gasteiger partial charge < -0.3 is 0 Å².